The summed E-state index contributed by atoms with van der Waals surface area (Å²) in [7, 11) is -3.63. The largest absolute Gasteiger partial charge is 0.264 e. The Bertz CT molecular complexity index is 714. The molecule has 20 heavy (non-hydrogen) atoms. The quantitative estimate of drug-likeness (QED) is 0.939. The second kappa shape index (κ2) is 5.20. The van der Waals surface area contributed by atoms with Crippen LogP contribution in [0.5, 0.6) is 0 Å². The number of sulfonamides is 1. The summed E-state index contributed by atoms with van der Waals surface area (Å²) in [5, 5.41) is 0. The van der Waals surface area contributed by atoms with Gasteiger partial charge in [-0.3, -0.25) is 0 Å². The van der Waals surface area contributed by atoms with Gasteiger partial charge in [-0.05, 0) is 48.9 Å². The Hall–Kier alpha value is -1.95. The smallest absolute Gasteiger partial charge is 0.247 e. The van der Waals surface area contributed by atoms with Crippen LogP contribution in [0.25, 0.3) is 0 Å². The van der Waals surface area contributed by atoms with Crippen LogP contribution in [0, 0.1) is 0 Å². The fraction of sp³-hybridized carbons (Fsp3) is 0.286. The Kier molecular flexibility index (Phi) is 3.40. The molecule has 0 saturated carbocycles. The Labute approximate surface area is 118 Å². The van der Waals surface area contributed by atoms with Gasteiger partial charge in [0.05, 0.1) is 4.90 Å². The number of benzene rings is 1. The summed E-state index contributed by atoms with van der Waals surface area (Å²) in [5.74, 6) is 0.0981. The number of aryl methyl sites for hydroxylation is 1. The standard InChI is InChI=1S/C14H15N3O2S/c18-20(19,17-14-15-9-4-10-16-14)13-8-3-6-11-5-1-2-7-12(11)13/h3-4,6,8-10H,1-2,5,7H2,(H,15,16,17). The van der Waals surface area contributed by atoms with Crippen molar-refractivity contribution in [2.24, 2.45) is 0 Å². The molecule has 1 N–H and O–H groups in total. The third-order valence-electron chi connectivity index (χ3n) is 3.43. The van der Waals surface area contributed by atoms with E-state index < -0.39 is 10.0 Å². The summed E-state index contributed by atoms with van der Waals surface area (Å²) < 4.78 is 27.4. The SMILES string of the molecule is O=S(=O)(Nc1ncccn1)c1cccc2c1CCCC2. The molecular formula is C14H15N3O2S. The third-order valence-corrected chi connectivity index (χ3v) is 4.85. The van der Waals surface area contributed by atoms with Crippen molar-refractivity contribution in [3.8, 4) is 0 Å². The highest BCUT2D eigenvalue weighted by Crippen LogP contribution is 2.28. The van der Waals surface area contributed by atoms with E-state index in [0.29, 0.717) is 4.90 Å². The third kappa shape index (κ3) is 2.51. The summed E-state index contributed by atoms with van der Waals surface area (Å²) in [6, 6.07) is 7.09. The highest BCUT2D eigenvalue weighted by Gasteiger charge is 2.22. The van der Waals surface area contributed by atoms with Gasteiger partial charge in [0.25, 0.3) is 10.0 Å². The molecule has 1 heterocycles. The number of rotatable bonds is 3. The maximum absolute atomic E-state index is 12.5. The van der Waals surface area contributed by atoms with Gasteiger partial charge in [-0.25, -0.2) is 23.1 Å². The van der Waals surface area contributed by atoms with Gasteiger partial charge >= 0.3 is 0 Å². The Balaban J connectivity index is 2.00. The lowest BCUT2D eigenvalue weighted by Gasteiger charge is -2.19. The first-order valence-electron chi connectivity index (χ1n) is 6.57. The molecule has 0 fully saturated rings. The van der Waals surface area contributed by atoms with Crippen LogP contribution in [0.3, 0.4) is 0 Å². The molecule has 0 bridgehead atoms. The van der Waals surface area contributed by atoms with Crippen LogP contribution in [-0.2, 0) is 22.9 Å². The van der Waals surface area contributed by atoms with Crippen LogP contribution in [0.4, 0.5) is 5.95 Å². The molecule has 3 rings (SSSR count). The lowest BCUT2D eigenvalue weighted by Crippen LogP contribution is -2.18. The van der Waals surface area contributed by atoms with Crippen molar-refractivity contribution in [3.05, 3.63) is 47.8 Å². The average Bonchev–Trinajstić information content (AvgIpc) is 2.47. The normalized spacial score (nSPS) is 14.6. The molecule has 1 aromatic heterocycles. The van der Waals surface area contributed by atoms with Crippen molar-refractivity contribution >= 4 is 16.0 Å². The highest BCUT2D eigenvalue weighted by atomic mass is 32.2. The monoisotopic (exact) mass is 289 g/mol. The average molecular weight is 289 g/mol. The molecule has 0 atom stereocenters. The molecule has 0 radical (unpaired) electrons. The molecule has 1 aromatic carbocycles. The molecule has 6 heteroatoms. The second-order valence-electron chi connectivity index (χ2n) is 4.78. The van der Waals surface area contributed by atoms with Crippen molar-refractivity contribution < 1.29 is 8.42 Å². The van der Waals surface area contributed by atoms with Crippen LogP contribution in [0.2, 0.25) is 0 Å². The van der Waals surface area contributed by atoms with Gasteiger partial charge in [-0.1, -0.05) is 12.1 Å². The van der Waals surface area contributed by atoms with Crippen LogP contribution in [-0.4, -0.2) is 18.4 Å². The number of anilines is 1. The van der Waals surface area contributed by atoms with E-state index in [-0.39, 0.29) is 5.95 Å². The predicted octanol–water partition coefficient (Wildman–Crippen LogP) is 2.16. The molecule has 0 aliphatic heterocycles. The lowest BCUT2D eigenvalue weighted by atomic mass is 9.92. The molecule has 104 valence electrons. The highest BCUT2D eigenvalue weighted by molar-refractivity contribution is 7.92. The summed E-state index contributed by atoms with van der Waals surface area (Å²) in [4.78, 5) is 8.15. The Morgan fingerprint density at radius 3 is 2.55 bits per heavy atom. The van der Waals surface area contributed by atoms with E-state index in [1.807, 2.05) is 6.07 Å². The summed E-state index contributed by atoms with van der Waals surface area (Å²) in [6.45, 7) is 0. The number of hydrogen-bond acceptors (Lipinski definition) is 4. The maximum Gasteiger partial charge on any atom is 0.264 e. The summed E-state index contributed by atoms with van der Waals surface area (Å²) >= 11 is 0. The zero-order valence-corrected chi connectivity index (χ0v) is 11.7. The van der Waals surface area contributed by atoms with Gasteiger partial charge in [0.15, 0.2) is 0 Å². The van der Waals surface area contributed by atoms with Gasteiger partial charge in [0, 0.05) is 12.4 Å². The Morgan fingerprint density at radius 2 is 1.75 bits per heavy atom. The summed E-state index contributed by atoms with van der Waals surface area (Å²) in [5.41, 5.74) is 2.07. The molecule has 0 amide bonds. The van der Waals surface area contributed by atoms with Crippen molar-refractivity contribution in [1.29, 1.82) is 0 Å². The molecule has 0 spiro atoms. The van der Waals surface area contributed by atoms with E-state index in [9.17, 15) is 8.42 Å². The van der Waals surface area contributed by atoms with Crippen molar-refractivity contribution in [2.75, 3.05) is 4.72 Å². The number of nitrogens with one attached hydrogen (secondary N) is 1. The molecule has 1 aliphatic rings. The maximum atomic E-state index is 12.5. The summed E-state index contributed by atoms with van der Waals surface area (Å²) in [6.07, 6.45) is 6.91. The number of fused-ring (bicyclic) bond motifs is 1. The number of hydrogen-bond donors (Lipinski definition) is 1. The molecule has 0 unspecified atom stereocenters. The molecular weight excluding hydrogens is 274 g/mol. The van der Waals surface area contributed by atoms with Crippen molar-refractivity contribution in [1.82, 2.24) is 9.97 Å². The predicted molar refractivity (Wildman–Crippen MR) is 75.9 cm³/mol. The zero-order chi connectivity index (χ0) is 14.0. The second-order valence-corrected chi connectivity index (χ2v) is 6.43. The minimum atomic E-state index is -3.63. The minimum absolute atomic E-state index is 0.0981. The minimum Gasteiger partial charge on any atom is -0.247 e. The topological polar surface area (TPSA) is 72.0 Å². The van der Waals surface area contributed by atoms with Crippen LogP contribution in [0.15, 0.2) is 41.6 Å². The molecule has 2 aromatic rings. The van der Waals surface area contributed by atoms with E-state index in [0.717, 1.165) is 36.8 Å². The van der Waals surface area contributed by atoms with Gasteiger partial charge in [-0.15, -0.1) is 0 Å². The van der Waals surface area contributed by atoms with Crippen LogP contribution in [0.1, 0.15) is 24.0 Å². The van der Waals surface area contributed by atoms with E-state index >= 15 is 0 Å². The van der Waals surface area contributed by atoms with Gasteiger partial charge < -0.3 is 0 Å². The van der Waals surface area contributed by atoms with E-state index in [2.05, 4.69) is 14.7 Å². The molecule has 1 aliphatic carbocycles. The zero-order valence-electron chi connectivity index (χ0n) is 10.9. The lowest BCUT2D eigenvalue weighted by molar-refractivity contribution is 0.596. The first-order chi connectivity index (χ1) is 9.67. The van der Waals surface area contributed by atoms with E-state index in [4.69, 9.17) is 0 Å². The van der Waals surface area contributed by atoms with Crippen LogP contribution >= 0.6 is 0 Å². The number of aromatic nitrogens is 2. The van der Waals surface area contributed by atoms with E-state index in [1.54, 1.807) is 18.2 Å². The van der Waals surface area contributed by atoms with Crippen molar-refractivity contribution in [3.63, 3.8) is 0 Å². The number of nitrogens with zero attached hydrogens (tertiary/aromatic N) is 2. The van der Waals surface area contributed by atoms with Gasteiger partial charge in [-0.2, -0.15) is 0 Å². The van der Waals surface area contributed by atoms with Gasteiger partial charge in [0.1, 0.15) is 0 Å². The molecule has 0 saturated heterocycles. The fourth-order valence-electron chi connectivity index (χ4n) is 2.53. The first kappa shape index (κ1) is 13.1. The Morgan fingerprint density at radius 1 is 1.00 bits per heavy atom. The van der Waals surface area contributed by atoms with Gasteiger partial charge in [0.2, 0.25) is 5.95 Å². The van der Waals surface area contributed by atoms with Crippen molar-refractivity contribution in [2.45, 2.75) is 30.6 Å². The fourth-order valence-corrected chi connectivity index (χ4v) is 3.80. The first-order valence-corrected chi connectivity index (χ1v) is 8.06. The van der Waals surface area contributed by atoms with E-state index in [1.165, 1.54) is 12.4 Å². The molecule has 5 nitrogen and oxygen atoms in total. The van der Waals surface area contributed by atoms with Crippen LogP contribution < -0.4 is 4.72 Å².